The summed E-state index contributed by atoms with van der Waals surface area (Å²) in [6.07, 6.45) is 3.97. The van der Waals surface area contributed by atoms with Crippen molar-refractivity contribution in [1.29, 1.82) is 0 Å². The second-order valence-electron chi connectivity index (χ2n) is 7.31. The Morgan fingerprint density at radius 3 is 2.82 bits per heavy atom. The highest BCUT2D eigenvalue weighted by Crippen LogP contribution is 2.27. The molecule has 3 aromatic rings. The Labute approximate surface area is 170 Å². The molecule has 1 aliphatic rings. The van der Waals surface area contributed by atoms with Gasteiger partial charge in [-0.25, -0.2) is 4.68 Å². The predicted octanol–water partition coefficient (Wildman–Crippen LogP) is 3.25. The number of aromatic nitrogens is 3. The van der Waals surface area contributed by atoms with Crippen LogP contribution in [-0.4, -0.2) is 33.8 Å². The van der Waals surface area contributed by atoms with Gasteiger partial charge in [-0.05, 0) is 50.9 Å². The summed E-state index contributed by atoms with van der Waals surface area (Å²) in [7, 11) is 1.81. The van der Waals surface area contributed by atoms with E-state index in [9.17, 15) is 4.79 Å². The van der Waals surface area contributed by atoms with E-state index in [0.29, 0.717) is 11.9 Å². The summed E-state index contributed by atoms with van der Waals surface area (Å²) in [5, 5.41) is 11.7. The number of carbonyl (C=O) groups excluding carboxylic acids is 1. The molecule has 3 heterocycles. The van der Waals surface area contributed by atoms with Crippen molar-refractivity contribution in [2.24, 2.45) is 7.05 Å². The summed E-state index contributed by atoms with van der Waals surface area (Å²) in [6.45, 7) is 6.05. The number of benzene rings is 1. The van der Waals surface area contributed by atoms with Crippen molar-refractivity contribution in [3.05, 3.63) is 40.9 Å². The van der Waals surface area contributed by atoms with E-state index in [4.69, 9.17) is 4.42 Å². The minimum absolute atomic E-state index is 0. The first-order valence-corrected chi connectivity index (χ1v) is 9.40. The molecule has 0 atom stereocenters. The molecular weight excluding hydrogens is 378 g/mol. The molecule has 1 fully saturated rings. The highest BCUT2D eigenvalue weighted by molar-refractivity contribution is 5.95. The average molecular weight is 404 g/mol. The van der Waals surface area contributed by atoms with Crippen molar-refractivity contribution in [1.82, 2.24) is 20.1 Å². The SMILES string of the molecule is Cc1ccc2c(CC(=O)Nc3nc(C4CCNCC4)nn3C)coc2c1C.Cl. The number of hydrogen-bond acceptors (Lipinski definition) is 5. The van der Waals surface area contributed by atoms with Crippen molar-refractivity contribution in [2.45, 2.75) is 39.0 Å². The van der Waals surface area contributed by atoms with Crippen molar-refractivity contribution in [3.8, 4) is 0 Å². The lowest BCUT2D eigenvalue weighted by atomic mass is 9.98. The lowest BCUT2D eigenvalue weighted by Gasteiger charge is -2.19. The zero-order chi connectivity index (χ0) is 19.0. The van der Waals surface area contributed by atoms with E-state index in [1.807, 2.05) is 20.0 Å². The molecular formula is C20H26ClN5O2. The van der Waals surface area contributed by atoms with Gasteiger partial charge in [0.25, 0.3) is 0 Å². The summed E-state index contributed by atoms with van der Waals surface area (Å²) in [5.74, 6) is 1.54. The summed E-state index contributed by atoms with van der Waals surface area (Å²) in [4.78, 5) is 17.1. The zero-order valence-electron chi connectivity index (χ0n) is 16.4. The molecule has 1 aromatic carbocycles. The summed E-state index contributed by atoms with van der Waals surface area (Å²) in [6, 6.07) is 4.07. The van der Waals surface area contributed by atoms with Gasteiger partial charge in [0.2, 0.25) is 11.9 Å². The standard InChI is InChI=1S/C20H25N5O2.ClH/c1-12-4-5-16-15(11-27-18(16)13(12)2)10-17(26)22-20-23-19(24-25(20)3)14-6-8-21-9-7-14;/h4-5,11,14,21H,6-10H2,1-3H3,(H,22,23,24,26);1H. The molecule has 2 aromatic heterocycles. The molecule has 0 unspecified atom stereocenters. The van der Waals surface area contributed by atoms with Crippen LogP contribution < -0.4 is 10.6 Å². The van der Waals surface area contributed by atoms with Gasteiger partial charge < -0.3 is 9.73 Å². The Morgan fingerprint density at radius 1 is 1.32 bits per heavy atom. The van der Waals surface area contributed by atoms with Crippen LogP contribution in [0, 0.1) is 13.8 Å². The Morgan fingerprint density at radius 2 is 2.07 bits per heavy atom. The number of furan rings is 1. The molecule has 1 saturated heterocycles. The van der Waals surface area contributed by atoms with Gasteiger partial charge in [0, 0.05) is 23.9 Å². The monoisotopic (exact) mass is 403 g/mol. The van der Waals surface area contributed by atoms with E-state index in [-0.39, 0.29) is 24.7 Å². The molecule has 150 valence electrons. The van der Waals surface area contributed by atoms with Gasteiger partial charge in [-0.2, -0.15) is 10.1 Å². The molecule has 1 aliphatic heterocycles. The Bertz CT molecular complexity index is 988. The van der Waals surface area contributed by atoms with E-state index in [0.717, 1.165) is 53.9 Å². The van der Waals surface area contributed by atoms with Gasteiger partial charge >= 0.3 is 0 Å². The van der Waals surface area contributed by atoms with Gasteiger partial charge in [-0.1, -0.05) is 12.1 Å². The maximum atomic E-state index is 12.6. The maximum Gasteiger partial charge on any atom is 0.231 e. The van der Waals surface area contributed by atoms with Crippen LogP contribution in [0.3, 0.4) is 0 Å². The number of hydrogen-bond donors (Lipinski definition) is 2. The lowest BCUT2D eigenvalue weighted by Crippen LogP contribution is -2.27. The fourth-order valence-corrected chi connectivity index (χ4v) is 3.63. The molecule has 1 amide bonds. The highest BCUT2D eigenvalue weighted by Gasteiger charge is 2.21. The first-order valence-electron chi connectivity index (χ1n) is 9.40. The number of aryl methyl sites for hydroxylation is 3. The molecule has 0 aliphatic carbocycles. The van der Waals surface area contributed by atoms with Gasteiger partial charge in [-0.3, -0.25) is 10.1 Å². The van der Waals surface area contributed by atoms with Crippen LogP contribution in [0.4, 0.5) is 5.95 Å². The average Bonchev–Trinajstić information content (AvgIpc) is 3.23. The van der Waals surface area contributed by atoms with Crippen LogP contribution in [0.2, 0.25) is 0 Å². The van der Waals surface area contributed by atoms with E-state index in [1.54, 1.807) is 10.9 Å². The molecule has 2 N–H and O–H groups in total. The second-order valence-corrected chi connectivity index (χ2v) is 7.31. The van der Waals surface area contributed by atoms with E-state index in [1.165, 1.54) is 5.56 Å². The maximum absolute atomic E-state index is 12.6. The normalized spacial score (nSPS) is 14.8. The molecule has 0 spiro atoms. The second kappa shape index (κ2) is 8.32. The van der Waals surface area contributed by atoms with Gasteiger partial charge in [0.1, 0.15) is 5.58 Å². The molecule has 0 bridgehead atoms. The molecule has 4 rings (SSSR count). The van der Waals surface area contributed by atoms with Crippen LogP contribution in [0.5, 0.6) is 0 Å². The van der Waals surface area contributed by atoms with Gasteiger partial charge in [0.15, 0.2) is 5.82 Å². The van der Waals surface area contributed by atoms with Crippen LogP contribution in [0.1, 0.15) is 41.3 Å². The fraction of sp³-hybridized carbons (Fsp3) is 0.450. The van der Waals surface area contributed by atoms with E-state index >= 15 is 0 Å². The van der Waals surface area contributed by atoms with Crippen LogP contribution in [-0.2, 0) is 18.3 Å². The third kappa shape index (κ3) is 3.91. The number of rotatable bonds is 4. The molecule has 7 nitrogen and oxygen atoms in total. The third-order valence-electron chi connectivity index (χ3n) is 5.43. The van der Waals surface area contributed by atoms with E-state index in [2.05, 4.69) is 33.7 Å². The lowest BCUT2D eigenvalue weighted by molar-refractivity contribution is -0.115. The number of anilines is 1. The number of halogens is 1. The number of nitrogens with zero attached hydrogens (tertiary/aromatic N) is 3. The molecule has 0 saturated carbocycles. The van der Waals surface area contributed by atoms with Crippen LogP contribution in [0.15, 0.2) is 22.8 Å². The largest absolute Gasteiger partial charge is 0.464 e. The minimum atomic E-state index is -0.122. The minimum Gasteiger partial charge on any atom is -0.464 e. The number of carbonyl (C=O) groups is 1. The Balaban J connectivity index is 0.00000225. The number of nitrogens with one attached hydrogen (secondary N) is 2. The topological polar surface area (TPSA) is 85.0 Å². The quantitative estimate of drug-likeness (QED) is 0.698. The van der Waals surface area contributed by atoms with Crippen molar-refractivity contribution < 1.29 is 9.21 Å². The van der Waals surface area contributed by atoms with Gasteiger partial charge in [0.05, 0.1) is 12.7 Å². The molecule has 0 radical (unpaired) electrons. The van der Waals surface area contributed by atoms with Crippen LogP contribution in [0.25, 0.3) is 11.0 Å². The smallest absolute Gasteiger partial charge is 0.231 e. The van der Waals surface area contributed by atoms with Crippen LogP contribution >= 0.6 is 12.4 Å². The summed E-state index contributed by atoms with van der Waals surface area (Å²) >= 11 is 0. The first-order chi connectivity index (χ1) is 13.0. The number of piperidine rings is 1. The van der Waals surface area contributed by atoms with E-state index < -0.39 is 0 Å². The molecule has 8 heteroatoms. The highest BCUT2D eigenvalue weighted by atomic mass is 35.5. The zero-order valence-corrected chi connectivity index (χ0v) is 17.2. The Kier molecular flexibility index (Phi) is 6.05. The third-order valence-corrected chi connectivity index (χ3v) is 5.43. The van der Waals surface area contributed by atoms with Crippen molar-refractivity contribution in [3.63, 3.8) is 0 Å². The predicted molar refractivity (Wildman–Crippen MR) is 111 cm³/mol. The summed E-state index contributed by atoms with van der Waals surface area (Å²) in [5.41, 5.74) is 4.02. The Hall–Kier alpha value is -2.38. The first kappa shape index (κ1) is 20.4. The number of amides is 1. The van der Waals surface area contributed by atoms with Gasteiger partial charge in [-0.15, -0.1) is 12.4 Å². The van der Waals surface area contributed by atoms with Crippen molar-refractivity contribution in [2.75, 3.05) is 18.4 Å². The molecule has 28 heavy (non-hydrogen) atoms. The van der Waals surface area contributed by atoms with Crippen molar-refractivity contribution >= 4 is 35.2 Å². The number of fused-ring (bicyclic) bond motifs is 1. The summed E-state index contributed by atoms with van der Waals surface area (Å²) < 4.78 is 7.35. The fourth-order valence-electron chi connectivity index (χ4n) is 3.63.